The third-order valence-corrected chi connectivity index (χ3v) is 2.56. The average molecular weight is 259 g/mol. The Bertz CT molecular complexity index is 321. The molecule has 1 rings (SSSR count). The van der Waals surface area contributed by atoms with Crippen LogP contribution in [-0.2, 0) is 9.47 Å². The van der Waals surface area contributed by atoms with Gasteiger partial charge in [-0.1, -0.05) is 22.0 Å². The Morgan fingerprint density at radius 3 is 2.50 bits per heavy atom. The Kier molecular flexibility index (Phi) is 4.25. The second-order valence-corrected chi connectivity index (χ2v) is 3.56. The van der Waals surface area contributed by atoms with Gasteiger partial charge in [0.2, 0.25) is 0 Å². The van der Waals surface area contributed by atoms with E-state index in [0.29, 0.717) is 5.56 Å². The fraction of sp³-hybridized carbons (Fsp3) is 0.300. The predicted octanol–water partition coefficient (Wildman–Crippen LogP) is 2.55. The second kappa shape index (κ2) is 5.24. The van der Waals surface area contributed by atoms with Crippen molar-refractivity contribution >= 4 is 22.2 Å². The lowest BCUT2D eigenvalue weighted by Crippen LogP contribution is -2.05. The maximum Gasteiger partial charge on any atom is 0.184 e. The Morgan fingerprint density at radius 1 is 1.36 bits per heavy atom. The van der Waals surface area contributed by atoms with Crippen LogP contribution in [0.3, 0.4) is 0 Å². The largest absolute Gasteiger partial charge is 0.352 e. The van der Waals surface area contributed by atoms with E-state index in [1.165, 1.54) is 0 Å². The number of carbonyl (C=O) groups excluding carboxylic acids is 1. The summed E-state index contributed by atoms with van der Waals surface area (Å²) in [6.07, 6.45) is 0.336. The topological polar surface area (TPSA) is 35.5 Å². The second-order valence-electron chi connectivity index (χ2n) is 2.70. The van der Waals surface area contributed by atoms with Crippen LogP contribution in [0.4, 0.5) is 0 Å². The third-order valence-electron chi connectivity index (χ3n) is 1.84. The minimum atomic E-state index is -0.454. The SMILES string of the molecule is COC(OC)c1cc(C=O)ccc1Br. The number of benzene rings is 1. The summed E-state index contributed by atoms with van der Waals surface area (Å²) in [5.74, 6) is 0. The van der Waals surface area contributed by atoms with Crippen molar-refractivity contribution in [1.82, 2.24) is 0 Å². The van der Waals surface area contributed by atoms with Crippen LogP contribution in [0.2, 0.25) is 0 Å². The van der Waals surface area contributed by atoms with Crippen molar-refractivity contribution < 1.29 is 14.3 Å². The standard InChI is InChI=1S/C10H11BrO3/c1-13-10(14-2)8-5-7(6-12)3-4-9(8)11/h3-6,10H,1-2H3. The van der Waals surface area contributed by atoms with E-state index in [4.69, 9.17) is 9.47 Å². The first-order chi connectivity index (χ1) is 6.72. The Morgan fingerprint density at radius 2 is 2.00 bits per heavy atom. The summed E-state index contributed by atoms with van der Waals surface area (Å²) in [4.78, 5) is 10.6. The molecule has 4 heteroatoms. The average Bonchev–Trinajstić information content (AvgIpc) is 2.22. The highest BCUT2D eigenvalue weighted by atomic mass is 79.9. The van der Waals surface area contributed by atoms with E-state index in [2.05, 4.69) is 15.9 Å². The van der Waals surface area contributed by atoms with Crippen molar-refractivity contribution in [3.05, 3.63) is 33.8 Å². The first-order valence-corrected chi connectivity index (χ1v) is 4.82. The molecule has 0 unspecified atom stereocenters. The van der Waals surface area contributed by atoms with E-state index in [9.17, 15) is 4.79 Å². The molecule has 0 saturated carbocycles. The third kappa shape index (κ3) is 2.41. The van der Waals surface area contributed by atoms with E-state index in [0.717, 1.165) is 16.3 Å². The van der Waals surface area contributed by atoms with Crippen molar-refractivity contribution in [3.63, 3.8) is 0 Å². The van der Waals surface area contributed by atoms with Crippen LogP contribution in [0.1, 0.15) is 22.2 Å². The molecule has 0 fully saturated rings. The van der Waals surface area contributed by atoms with Crippen molar-refractivity contribution in [1.29, 1.82) is 0 Å². The molecule has 0 radical (unpaired) electrons. The van der Waals surface area contributed by atoms with Gasteiger partial charge in [-0.25, -0.2) is 0 Å². The molecule has 3 nitrogen and oxygen atoms in total. The summed E-state index contributed by atoms with van der Waals surface area (Å²) < 4.78 is 11.1. The molecule has 0 amide bonds. The van der Waals surface area contributed by atoms with Gasteiger partial charge < -0.3 is 9.47 Å². The monoisotopic (exact) mass is 258 g/mol. The van der Waals surface area contributed by atoms with Crippen molar-refractivity contribution in [3.8, 4) is 0 Å². The zero-order valence-corrected chi connectivity index (χ0v) is 9.58. The first-order valence-electron chi connectivity index (χ1n) is 4.03. The van der Waals surface area contributed by atoms with Crippen LogP contribution in [0.5, 0.6) is 0 Å². The molecule has 0 atom stereocenters. The highest BCUT2D eigenvalue weighted by Crippen LogP contribution is 2.26. The minimum absolute atomic E-state index is 0.454. The number of hydrogen-bond donors (Lipinski definition) is 0. The van der Waals surface area contributed by atoms with Gasteiger partial charge in [-0.2, -0.15) is 0 Å². The van der Waals surface area contributed by atoms with E-state index in [1.807, 2.05) is 0 Å². The zero-order valence-electron chi connectivity index (χ0n) is 7.99. The fourth-order valence-electron chi connectivity index (χ4n) is 1.17. The van der Waals surface area contributed by atoms with Gasteiger partial charge in [0.15, 0.2) is 6.29 Å². The van der Waals surface area contributed by atoms with Crippen molar-refractivity contribution in [2.24, 2.45) is 0 Å². The lowest BCUT2D eigenvalue weighted by molar-refractivity contribution is -0.106. The van der Waals surface area contributed by atoms with Gasteiger partial charge in [0.1, 0.15) is 6.29 Å². The molecule has 0 saturated heterocycles. The smallest absolute Gasteiger partial charge is 0.184 e. The first kappa shape index (κ1) is 11.4. The molecular weight excluding hydrogens is 248 g/mol. The number of methoxy groups -OCH3 is 2. The molecule has 0 aliphatic heterocycles. The van der Waals surface area contributed by atoms with Gasteiger partial charge in [0.05, 0.1) is 0 Å². The number of aldehydes is 1. The van der Waals surface area contributed by atoms with Gasteiger partial charge in [0.25, 0.3) is 0 Å². The molecule has 0 aliphatic rings. The molecule has 0 heterocycles. The van der Waals surface area contributed by atoms with E-state index in [-0.39, 0.29) is 0 Å². The summed E-state index contributed by atoms with van der Waals surface area (Å²) >= 11 is 3.37. The molecular formula is C10H11BrO3. The summed E-state index contributed by atoms with van der Waals surface area (Å²) in [5.41, 5.74) is 1.40. The van der Waals surface area contributed by atoms with Gasteiger partial charge in [-0.3, -0.25) is 4.79 Å². The van der Waals surface area contributed by atoms with Crippen LogP contribution >= 0.6 is 15.9 Å². The van der Waals surface area contributed by atoms with E-state index < -0.39 is 6.29 Å². The maximum atomic E-state index is 10.6. The number of rotatable bonds is 4. The maximum absolute atomic E-state index is 10.6. The number of halogens is 1. The van der Waals surface area contributed by atoms with Gasteiger partial charge in [-0.15, -0.1) is 0 Å². The van der Waals surface area contributed by atoms with Crippen molar-refractivity contribution in [2.75, 3.05) is 14.2 Å². The van der Waals surface area contributed by atoms with Gasteiger partial charge in [-0.05, 0) is 12.1 Å². The predicted molar refractivity (Wildman–Crippen MR) is 56.3 cm³/mol. The highest BCUT2D eigenvalue weighted by molar-refractivity contribution is 9.10. The summed E-state index contributed by atoms with van der Waals surface area (Å²) in [7, 11) is 3.10. The van der Waals surface area contributed by atoms with E-state index in [1.54, 1.807) is 32.4 Å². The Labute approximate surface area is 91.1 Å². The molecule has 0 spiro atoms. The Balaban J connectivity index is 3.10. The lowest BCUT2D eigenvalue weighted by atomic mass is 10.1. The summed E-state index contributed by atoms with van der Waals surface area (Å²) in [5, 5.41) is 0. The molecule has 14 heavy (non-hydrogen) atoms. The molecule has 0 N–H and O–H groups in total. The number of hydrogen-bond acceptors (Lipinski definition) is 3. The normalized spacial score (nSPS) is 10.6. The van der Waals surface area contributed by atoms with Crippen LogP contribution in [-0.4, -0.2) is 20.5 Å². The Hall–Kier alpha value is -0.710. The van der Waals surface area contributed by atoms with E-state index >= 15 is 0 Å². The quantitative estimate of drug-likeness (QED) is 0.615. The lowest BCUT2D eigenvalue weighted by Gasteiger charge is -2.15. The molecule has 1 aromatic carbocycles. The molecule has 0 aliphatic carbocycles. The summed E-state index contributed by atoms with van der Waals surface area (Å²) in [6, 6.07) is 5.25. The van der Waals surface area contributed by atoms with Gasteiger partial charge in [0, 0.05) is 29.8 Å². The summed E-state index contributed by atoms with van der Waals surface area (Å²) in [6.45, 7) is 0. The number of ether oxygens (including phenoxy) is 2. The molecule has 0 aromatic heterocycles. The zero-order chi connectivity index (χ0) is 10.6. The highest BCUT2D eigenvalue weighted by Gasteiger charge is 2.12. The van der Waals surface area contributed by atoms with Gasteiger partial charge >= 0.3 is 0 Å². The molecule has 0 bridgehead atoms. The number of carbonyl (C=O) groups is 1. The van der Waals surface area contributed by atoms with Crippen LogP contribution in [0.15, 0.2) is 22.7 Å². The fourth-order valence-corrected chi connectivity index (χ4v) is 1.60. The van der Waals surface area contributed by atoms with Crippen molar-refractivity contribution in [2.45, 2.75) is 6.29 Å². The van der Waals surface area contributed by atoms with Crippen LogP contribution in [0.25, 0.3) is 0 Å². The van der Waals surface area contributed by atoms with Crippen LogP contribution < -0.4 is 0 Å². The molecule has 76 valence electrons. The molecule has 1 aromatic rings. The van der Waals surface area contributed by atoms with Crippen LogP contribution in [0, 0.1) is 0 Å². The minimum Gasteiger partial charge on any atom is -0.352 e.